The molecule has 0 radical (unpaired) electrons. The Morgan fingerprint density at radius 1 is 1.50 bits per heavy atom. The molecular formula is C11H19N3O2. The monoisotopic (exact) mass is 225 g/mol. The van der Waals surface area contributed by atoms with Gasteiger partial charge < -0.3 is 15.5 Å². The van der Waals surface area contributed by atoms with Crippen LogP contribution >= 0.6 is 0 Å². The Morgan fingerprint density at radius 3 is 2.56 bits per heavy atom. The van der Waals surface area contributed by atoms with E-state index in [9.17, 15) is 4.79 Å². The van der Waals surface area contributed by atoms with Crippen molar-refractivity contribution in [2.75, 3.05) is 0 Å². The van der Waals surface area contributed by atoms with Gasteiger partial charge in [0.15, 0.2) is 0 Å². The number of hydrogen-bond donors (Lipinski definition) is 2. The number of rotatable bonds is 4. The zero-order valence-corrected chi connectivity index (χ0v) is 10.2. The third kappa shape index (κ3) is 3.06. The second-order valence-electron chi connectivity index (χ2n) is 4.31. The van der Waals surface area contributed by atoms with Crippen LogP contribution in [0.5, 0.6) is 0 Å². The molecule has 90 valence electrons. The summed E-state index contributed by atoms with van der Waals surface area (Å²) in [5.74, 6) is 1.16. The van der Waals surface area contributed by atoms with Crippen molar-refractivity contribution in [2.24, 2.45) is 11.7 Å². The van der Waals surface area contributed by atoms with E-state index in [0.717, 1.165) is 5.76 Å². The maximum Gasteiger partial charge on any atom is 0.237 e. The van der Waals surface area contributed by atoms with Gasteiger partial charge in [0.05, 0.1) is 12.2 Å². The molecule has 0 saturated heterocycles. The van der Waals surface area contributed by atoms with Crippen LogP contribution in [-0.2, 0) is 4.79 Å². The smallest absolute Gasteiger partial charge is 0.237 e. The Labute approximate surface area is 95.4 Å². The van der Waals surface area contributed by atoms with Crippen molar-refractivity contribution in [2.45, 2.75) is 39.8 Å². The lowest BCUT2D eigenvalue weighted by Gasteiger charge is -2.17. The molecule has 5 nitrogen and oxygen atoms in total. The van der Waals surface area contributed by atoms with E-state index in [0.29, 0.717) is 5.89 Å². The summed E-state index contributed by atoms with van der Waals surface area (Å²) in [6.07, 6.45) is 1.63. The first-order chi connectivity index (χ1) is 7.41. The number of aryl methyl sites for hydroxylation is 1. The van der Waals surface area contributed by atoms with Crippen LogP contribution in [0.25, 0.3) is 0 Å². The van der Waals surface area contributed by atoms with Crippen molar-refractivity contribution in [1.82, 2.24) is 10.3 Å². The molecule has 0 aliphatic rings. The van der Waals surface area contributed by atoms with Gasteiger partial charge in [0, 0.05) is 0 Å². The van der Waals surface area contributed by atoms with Crippen LogP contribution in [0.3, 0.4) is 0 Å². The molecule has 0 spiro atoms. The number of carbonyl (C=O) groups is 1. The summed E-state index contributed by atoms with van der Waals surface area (Å²) in [4.78, 5) is 15.7. The molecule has 0 saturated carbocycles. The molecule has 0 bridgehead atoms. The van der Waals surface area contributed by atoms with Gasteiger partial charge in [-0.25, -0.2) is 4.98 Å². The van der Waals surface area contributed by atoms with E-state index in [1.165, 1.54) is 0 Å². The Kier molecular flexibility index (Phi) is 4.06. The highest BCUT2D eigenvalue weighted by atomic mass is 16.4. The molecule has 2 atom stereocenters. The molecule has 3 N–H and O–H groups in total. The highest BCUT2D eigenvalue weighted by Crippen LogP contribution is 2.12. The Morgan fingerprint density at radius 2 is 2.12 bits per heavy atom. The van der Waals surface area contributed by atoms with E-state index >= 15 is 0 Å². The molecule has 0 aliphatic heterocycles. The van der Waals surface area contributed by atoms with E-state index in [2.05, 4.69) is 10.3 Å². The predicted molar refractivity (Wildman–Crippen MR) is 60.6 cm³/mol. The fourth-order valence-electron chi connectivity index (χ4n) is 1.25. The minimum Gasteiger partial charge on any atom is -0.444 e. The van der Waals surface area contributed by atoms with Crippen molar-refractivity contribution in [3.05, 3.63) is 17.8 Å². The van der Waals surface area contributed by atoms with Crippen LogP contribution in [0.4, 0.5) is 0 Å². The summed E-state index contributed by atoms with van der Waals surface area (Å²) < 4.78 is 5.32. The third-order valence-electron chi connectivity index (χ3n) is 2.39. The zero-order chi connectivity index (χ0) is 12.3. The standard InChI is InChI=1S/C11H19N3O2/c1-6(2)9(12)10(15)14-8(4)11-13-5-7(3)16-11/h5-6,8-9H,12H2,1-4H3,(H,14,15)/t8?,9-/m0/s1. The van der Waals surface area contributed by atoms with Crippen molar-refractivity contribution in [1.29, 1.82) is 0 Å². The molecule has 0 aromatic carbocycles. The molecule has 0 aliphatic carbocycles. The van der Waals surface area contributed by atoms with Gasteiger partial charge in [-0.2, -0.15) is 0 Å². The van der Waals surface area contributed by atoms with Crippen LogP contribution in [-0.4, -0.2) is 16.9 Å². The molecule has 5 heteroatoms. The Bertz CT molecular complexity index is 360. The summed E-state index contributed by atoms with van der Waals surface area (Å²) in [6, 6.07) is -0.760. The van der Waals surface area contributed by atoms with Crippen molar-refractivity contribution in [3.63, 3.8) is 0 Å². The molecule has 1 unspecified atom stereocenters. The molecule has 1 heterocycles. The minimum atomic E-state index is -0.501. The number of oxazole rings is 1. The van der Waals surface area contributed by atoms with E-state index in [4.69, 9.17) is 10.2 Å². The molecule has 1 rings (SSSR count). The van der Waals surface area contributed by atoms with Gasteiger partial charge in [-0.15, -0.1) is 0 Å². The average Bonchev–Trinajstić information content (AvgIpc) is 2.63. The predicted octanol–water partition coefficient (Wildman–Crippen LogP) is 1.14. The highest BCUT2D eigenvalue weighted by Gasteiger charge is 2.21. The SMILES string of the molecule is Cc1cnc(C(C)NC(=O)[C@@H](N)C(C)C)o1. The maximum atomic E-state index is 11.7. The minimum absolute atomic E-state index is 0.110. The highest BCUT2D eigenvalue weighted by molar-refractivity contribution is 5.81. The van der Waals surface area contributed by atoms with Crippen molar-refractivity contribution >= 4 is 5.91 Å². The largest absolute Gasteiger partial charge is 0.444 e. The quantitative estimate of drug-likeness (QED) is 0.805. The number of aromatic nitrogens is 1. The molecule has 1 aromatic rings. The lowest BCUT2D eigenvalue weighted by atomic mass is 10.0. The average molecular weight is 225 g/mol. The van der Waals surface area contributed by atoms with Crippen LogP contribution < -0.4 is 11.1 Å². The summed E-state index contributed by atoms with van der Waals surface area (Å²) in [7, 11) is 0. The maximum absolute atomic E-state index is 11.7. The normalized spacial score (nSPS) is 14.9. The second kappa shape index (κ2) is 5.12. The first-order valence-corrected chi connectivity index (χ1v) is 5.40. The Hall–Kier alpha value is -1.36. The van der Waals surface area contributed by atoms with Crippen LogP contribution in [0, 0.1) is 12.8 Å². The number of amides is 1. The summed E-state index contributed by atoms with van der Waals surface area (Å²) in [6.45, 7) is 7.44. The molecule has 1 amide bonds. The number of nitrogens with one attached hydrogen (secondary N) is 1. The fourth-order valence-corrected chi connectivity index (χ4v) is 1.25. The molecule has 0 fully saturated rings. The number of nitrogens with zero attached hydrogens (tertiary/aromatic N) is 1. The number of hydrogen-bond acceptors (Lipinski definition) is 4. The van der Waals surface area contributed by atoms with Crippen LogP contribution in [0.2, 0.25) is 0 Å². The first-order valence-electron chi connectivity index (χ1n) is 5.40. The fraction of sp³-hybridized carbons (Fsp3) is 0.636. The Balaban J connectivity index is 2.58. The summed E-state index contributed by atoms with van der Waals surface area (Å²) in [5.41, 5.74) is 5.73. The van der Waals surface area contributed by atoms with E-state index in [1.807, 2.05) is 27.7 Å². The van der Waals surface area contributed by atoms with E-state index in [-0.39, 0.29) is 17.9 Å². The number of nitrogens with two attached hydrogens (primary N) is 1. The molecule has 16 heavy (non-hydrogen) atoms. The van der Waals surface area contributed by atoms with Gasteiger partial charge in [0.25, 0.3) is 0 Å². The van der Waals surface area contributed by atoms with Crippen LogP contribution in [0.15, 0.2) is 10.6 Å². The van der Waals surface area contributed by atoms with Gasteiger partial charge in [0.1, 0.15) is 11.8 Å². The van der Waals surface area contributed by atoms with Crippen molar-refractivity contribution in [3.8, 4) is 0 Å². The third-order valence-corrected chi connectivity index (χ3v) is 2.39. The summed E-state index contributed by atoms with van der Waals surface area (Å²) in [5, 5.41) is 2.77. The lowest BCUT2D eigenvalue weighted by Crippen LogP contribution is -2.44. The van der Waals surface area contributed by atoms with Crippen molar-refractivity contribution < 1.29 is 9.21 Å². The van der Waals surface area contributed by atoms with Gasteiger partial charge >= 0.3 is 0 Å². The topological polar surface area (TPSA) is 81.2 Å². The molecule has 1 aromatic heterocycles. The lowest BCUT2D eigenvalue weighted by molar-refractivity contribution is -0.124. The van der Waals surface area contributed by atoms with E-state index in [1.54, 1.807) is 6.20 Å². The first kappa shape index (κ1) is 12.7. The van der Waals surface area contributed by atoms with Gasteiger partial charge in [0.2, 0.25) is 11.8 Å². The van der Waals surface area contributed by atoms with Crippen LogP contribution in [0.1, 0.15) is 38.5 Å². The van der Waals surface area contributed by atoms with E-state index < -0.39 is 6.04 Å². The zero-order valence-electron chi connectivity index (χ0n) is 10.2. The van der Waals surface area contributed by atoms with Gasteiger partial charge in [-0.3, -0.25) is 4.79 Å². The molecular weight excluding hydrogens is 206 g/mol. The second-order valence-corrected chi connectivity index (χ2v) is 4.31. The van der Waals surface area contributed by atoms with Gasteiger partial charge in [-0.1, -0.05) is 13.8 Å². The summed E-state index contributed by atoms with van der Waals surface area (Å²) >= 11 is 0. The van der Waals surface area contributed by atoms with Gasteiger partial charge in [-0.05, 0) is 19.8 Å². The number of carbonyl (C=O) groups excluding carboxylic acids is 1.